The standard InChI is InChI=1S/C27H45NS/c1-18(2)9-8-10-19(3)21-12-13-22-20-17-25(29)28-24-11-6-7-15-27(24,5)23(20)14-16-26(21,22)4/h11,18-23H,6-10,12-17H2,1-5H3,(H,28,29)/t19-,20+,21-,22+,23+,26-,27-/m1/s1. The van der Waals surface area contributed by atoms with Crippen LogP contribution in [0.3, 0.4) is 0 Å². The van der Waals surface area contributed by atoms with Crippen LogP contribution < -0.4 is 5.32 Å². The smallest absolute Gasteiger partial charge is 0.0797 e. The molecule has 1 N–H and O–H groups in total. The van der Waals surface area contributed by atoms with E-state index in [-0.39, 0.29) is 0 Å². The Morgan fingerprint density at radius 1 is 1.07 bits per heavy atom. The second kappa shape index (κ2) is 8.29. The van der Waals surface area contributed by atoms with E-state index in [0.717, 1.165) is 46.9 Å². The Kier molecular flexibility index (Phi) is 6.24. The summed E-state index contributed by atoms with van der Waals surface area (Å²) < 4.78 is 0. The Bertz CT molecular complexity index is 651. The van der Waals surface area contributed by atoms with Crippen LogP contribution in [0.2, 0.25) is 0 Å². The third kappa shape index (κ3) is 3.85. The van der Waals surface area contributed by atoms with E-state index in [9.17, 15) is 0 Å². The summed E-state index contributed by atoms with van der Waals surface area (Å²) in [5.74, 6) is 5.18. The average Bonchev–Trinajstić information content (AvgIpc) is 2.95. The predicted octanol–water partition coefficient (Wildman–Crippen LogP) is 7.90. The fraction of sp³-hybridized carbons (Fsp3) is 0.889. The van der Waals surface area contributed by atoms with Crippen LogP contribution in [0, 0.1) is 46.3 Å². The molecule has 4 aliphatic rings. The zero-order valence-corrected chi connectivity index (χ0v) is 20.5. The normalized spacial score (nSPS) is 43.0. The molecular weight excluding hydrogens is 370 g/mol. The van der Waals surface area contributed by atoms with Crippen LogP contribution in [0.15, 0.2) is 11.8 Å². The number of hydrogen-bond donors (Lipinski definition) is 1. The lowest BCUT2D eigenvalue weighted by Crippen LogP contribution is -2.47. The number of hydrogen-bond acceptors (Lipinski definition) is 1. The van der Waals surface area contributed by atoms with E-state index in [0.29, 0.717) is 10.8 Å². The van der Waals surface area contributed by atoms with Gasteiger partial charge in [0.15, 0.2) is 0 Å². The van der Waals surface area contributed by atoms with Gasteiger partial charge in [-0.15, -0.1) is 0 Å². The first kappa shape index (κ1) is 21.8. The third-order valence-electron chi connectivity index (χ3n) is 10.0. The van der Waals surface area contributed by atoms with Gasteiger partial charge in [-0.3, -0.25) is 0 Å². The molecule has 0 radical (unpaired) electrons. The summed E-state index contributed by atoms with van der Waals surface area (Å²) in [6.45, 7) is 12.6. The lowest BCUT2D eigenvalue weighted by atomic mass is 9.50. The van der Waals surface area contributed by atoms with Gasteiger partial charge in [0.1, 0.15) is 0 Å². The van der Waals surface area contributed by atoms with Crippen molar-refractivity contribution in [2.75, 3.05) is 0 Å². The molecule has 164 valence electrons. The molecule has 0 aromatic heterocycles. The Morgan fingerprint density at radius 3 is 2.62 bits per heavy atom. The van der Waals surface area contributed by atoms with Gasteiger partial charge in [0.2, 0.25) is 0 Å². The van der Waals surface area contributed by atoms with Gasteiger partial charge in [-0.05, 0) is 85.9 Å². The molecule has 2 heteroatoms. The van der Waals surface area contributed by atoms with Crippen molar-refractivity contribution in [2.45, 2.75) is 105 Å². The van der Waals surface area contributed by atoms with Crippen molar-refractivity contribution in [3.63, 3.8) is 0 Å². The molecule has 0 amide bonds. The Labute approximate surface area is 185 Å². The SMILES string of the molecule is CC(C)CCC[C@@H](C)[C@H]1CC[C@H]2[C@@H]3CC(=S)NC4=CCCC[C@]4(C)[C@H]3CC[C@]12C. The molecule has 1 heterocycles. The van der Waals surface area contributed by atoms with Crippen LogP contribution in [0.4, 0.5) is 0 Å². The van der Waals surface area contributed by atoms with Crippen LogP contribution in [0.1, 0.15) is 105 Å². The van der Waals surface area contributed by atoms with Crippen LogP contribution in [-0.2, 0) is 0 Å². The van der Waals surface area contributed by atoms with Crippen molar-refractivity contribution in [1.29, 1.82) is 0 Å². The maximum absolute atomic E-state index is 5.89. The van der Waals surface area contributed by atoms with Crippen LogP contribution in [0.5, 0.6) is 0 Å². The van der Waals surface area contributed by atoms with Gasteiger partial charge in [0, 0.05) is 17.5 Å². The molecule has 2 saturated carbocycles. The first-order valence-corrected chi connectivity index (χ1v) is 13.2. The molecule has 0 aromatic carbocycles. The fourth-order valence-electron chi connectivity index (χ4n) is 8.47. The minimum atomic E-state index is 0.339. The summed E-state index contributed by atoms with van der Waals surface area (Å²) in [7, 11) is 0. The molecule has 3 aliphatic carbocycles. The highest BCUT2D eigenvalue weighted by atomic mass is 32.1. The molecule has 0 bridgehead atoms. The van der Waals surface area contributed by atoms with E-state index in [1.165, 1.54) is 69.9 Å². The number of nitrogens with one attached hydrogen (secondary N) is 1. The van der Waals surface area contributed by atoms with E-state index >= 15 is 0 Å². The van der Waals surface area contributed by atoms with Gasteiger partial charge in [0.05, 0.1) is 4.99 Å². The number of fused-ring (bicyclic) bond motifs is 5. The van der Waals surface area contributed by atoms with E-state index in [4.69, 9.17) is 12.2 Å². The van der Waals surface area contributed by atoms with Crippen LogP contribution in [-0.4, -0.2) is 4.99 Å². The van der Waals surface area contributed by atoms with E-state index < -0.39 is 0 Å². The summed E-state index contributed by atoms with van der Waals surface area (Å²) in [4.78, 5) is 1.13. The molecule has 0 spiro atoms. The summed E-state index contributed by atoms with van der Waals surface area (Å²) in [5, 5.41) is 3.74. The first-order chi connectivity index (χ1) is 13.8. The molecule has 0 unspecified atom stereocenters. The molecule has 1 nitrogen and oxygen atoms in total. The predicted molar refractivity (Wildman–Crippen MR) is 129 cm³/mol. The van der Waals surface area contributed by atoms with Gasteiger partial charge in [-0.1, -0.05) is 72.2 Å². The molecule has 0 aromatic rings. The van der Waals surface area contributed by atoms with Gasteiger partial charge in [-0.2, -0.15) is 0 Å². The molecule has 7 atom stereocenters. The minimum Gasteiger partial charge on any atom is -0.353 e. The summed E-state index contributed by atoms with van der Waals surface area (Å²) in [6, 6.07) is 0. The van der Waals surface area contributed by atoms with Crippen molar-refractivity contribution in [2.24, 2.45) is 46.3 Å². The average molecular weight is 416 g/mol. The number of allylic oxidation sites excluding steroid dienone is 2. The van der Waals surface area contributed by atoms with Gasteiger partial charge < -0.3 is 5.32 Å². The number of rotatable bonds is 5. The Balaban J connectivity index is 1.55. The lowest BCUT2D eigenvalue weighted by molar-refractivity contribution is -0.0376. The fourth-order valence-corrected chi connectivity index (χ4v) is 8.77. The van der Waals surface area contributed by atoms with E-state index in [1.807, 2.05) is 0 Å². The molecule has 1 aliphatic heterocycles. The summed E-state index contributed by atoms with van der Waals surface area (Å²) >= 11 is 5.89. The highest BCUT2D eigenvalue weighted by molar-refractivity contribution is 7.80. The lowest BCUT2D eigenvalue weighted by Gasteiger charge is -2.54. The Morgan fingerprint density at radius 2 is 1.86 bits per heavy atom. The van der Waals surface area contributed by atoms with Crippen molar-refractivity contribution in [1.82, 2.24) is 5.32 Å². The second-order valence-electron chi connectivity index (χ2n) is 12.1. The topological polar surface area (TPSA) is 12.0 Å². The van der Waals surface area contributed by atoms with E-state index in [1.54, 1.807) is 0 Å². The molecule has 3 fully saturated rings. The molecular formula is C27H45NS. The summed E-state index contributed by atoms with van der Waals surface area (Å²) in [6.07, 6.45) is 17.6. The van der Waals surface area contributed by atoms with E-state index in [2.05, 4.69) is 46.0 Å². The maximum Gasteiger partial charge on any atom is 0.0797 e. The quantitative estimate of drug-likeness (QED) is 0.458. The van der Waals surface area contributed by atoms with Crippen molar-refractivity contribution >= 4 is 17.2 Å². The minimum absolute atomic E-state index is 0.339. The monoisotopic (exact) mass is 415 g/mol. The zero-order valence-electron chi connectivity index (χ0n) is 19.7. The van der Waals surface area contributed by atoms with Crippen molar-refractivity contribution in [3.8, 4) is 0 Å². The first-order valence-electron chi connectivity index (χ1n) is 12.8. The summed E-state index contributed by atoms with van der Waals surface area (Å²) in [5.41, 5.74) is 2.38. The van der Waals surface area contributed by atoms with Gasteiger partial charge >= 0.3 is 0 Å². The van der Waals surface area contributed by atoms with Gasteiger partial charge in [0.25, 0.3) is 0 Å². The van der Waals surface area contributed by atoms with Crippen molar-refractivity contribution in [3.05, 3.63) is 11.8 Å². The maximum atomic E-state index is 5.89. The van der Waals surface area contributed by atoms with Crippen molar-refractivity contribution < 1.29 is 0 Å². The largest absolute Gasteiger partial charge is 0.353 e. The second-order valence-corrected chi connectivity index (χ2v) is 12.6. The van der Waals surface area contributed by atoms with Crippen LogP contribution in [0.25, 0.3) is 0 Å². The zero-order chi connectivity index (χ0) is 20.8. The number of thiocarbonyl (C=S) groups is 1. The Hall–Kier alpha value is -0.370. The third-order valence-corrected chi connectivity index (χ3v) is 10.3. The highest BCUT2D eigenvalue weighted by Gasteiger charge is 2.58. The molecule has 29 heavy (non-hydrogen) atoms. The highest BCUT2D eigenvalue weighted by Crippen LogP contribution is 2.66. The van der Waals surface area contributed by atoms with Crippen LogP contribution >= 0.6 is 12.2 Å². The molecule has 1 saturated heterocycles. The molecule has 4 rings (SSSR count). The van der Waals surface area contributed by atoms with Gasteiger partial charge in [-0.25, -0.2) is 0 Å².